The molecule has 0 bridgehead atoms. The molecule has 180 valence electrons. The molecule has 0 unspecified atom stereocenters. The lowest BCUT2D eigenvalue weighted by Crippen LogP contribution is -2.42. The number of methoxy groups -OCH3 is 2. The average Bonchev–Trinajstić information content (AvgIpc) is 3.53. The lowest BCUT2D eigenvalue weighted by Gasteiger charge is -2.26. The Morgan fingerprint density at radius 3 is 2.59 bits per heavy atom. The zero-order valence-electron chi connectivity index (χ0n) is 19.7. The van der Waals surface area contributed by atoms with Crippen LogP contribution in [0.4, 0.5) is 0 Å². The first-order valence-electron chi connectivity index (χ1n) is 11.2. The van der Waals surface area contributed by atoms with Crippen LogP contribution in [0.5, 0.6) is 17.2 Å². The van der Waals surface area contributed by atoms with Gasteiger partial charge in [-0.1, -0.05) is 13.0 Å². The highest BCUT2D eigenvalue weighted by Gasteiger charge is 2.35. The van der Waals surface area contributed by atoms with Crippen molar-refractivity contribution in [2.75, 3.05) is 40.7 Å². The molecule has 2 amide bonds. The Balaban J connectivity index is 1.62. The van der Waals surface area contributed by atoms with Gasteiger partial charge in [-0.15, -0.1) is 0 Å². The van der Waals surface area contributed by atoms with Gasteiger partial charge in [0, 0.05) is 26.5 Å². The van der Waals surface area contributed by atoms with Gasteiger partial charge in [0.25, 0.3) is 5.91 Å². The fraction of sp³-hybridized carbons (Fsp3) is 0.400. The number of fused-ring (bicyclic) bond motifs is 1. The van der Waals surface area contributed by atoms with Crippen LogP contribution in [-0.2, 0) is 14.3 Å². The van der Waals surface area contributed by atoms with Crippen molar-refractivity contribution in [2.45, 2.75) is 25.8 Å². The van der Waals surface area contributed by atoms with Crippen molar-refractivity contribution in [3.8, 4) is 17.2 Å². The molecule has 2 aliphatic rings. The van der Waals surface area contributed by atoms with Gasteiger partial charge in [-0.05, 0) is 47.5 Å². The normalized spacial score (nSPS) is 16.4. The Morgan fingerprint density at radius 1 is 1.12 bits per heavy atom. The molecule has 2 heterocycles. The molecule has 0 fully saturated rings. The molecule has 2 aromatic carbocycles. The number of carbonyl (C=O) groups excluding carboxylic acids is 2. The zero-order valence-corrected chi connectivity index (χ0v) is 19.7. The lowest BCUT2D eigenvalue weighted by atomic mass is 9.98. The van der Waals surface area contributed by atoms with Crippen LogP contribution in [0.2, 0.25) is 0 Å². The molecule has 1 atom stereocenters. The third kappa shape index (κ3) is 4.99. The summed E-state index contributed by atoms with van der Waals surface area (Å²) in [5.41, 5.74) is 2.57. The molecule has 2 aromatic rings. The summed E-state index contributed by atoms with van der Waals surface area (Å²) in [6.45, 7) is 2.57. The van der Waals surface area contributed by atoms with Gasteiger partial charge in [0.05, 0.1) is 25.5 Å². The molecule has 0 aromatic heterocycles. The highest BCUT2D eigenvalue weighted by molar-refractivity contribution is 6.03. The van der Waals surface area contributed by atoms with Crippen molar-refractivity contribution < 1.29 is 28.5 Å². The van der Waals surface area contributed by atoms with E-state index in [0.29, 0.717) is 37.5 Å². The summed E-state index contributed by atoms with van der Waals surface area (Å²) < 4.78 is 21.3. The van der Waals surface area contributed by atoms with Gasteiger partial charge in [0.15, 0.2) is 11.5 Å². The van der Waals surface area contributed by atoms with Crippen molar-refractivity contribution in [3.05, 3.63) is 53.6 Å². The maximum Gasteiger partial charge on any atom is 0.262 e. The summed E-state index contributed by atoms with van der Waals surface area (Å²) in [6, 6.07) is 12.9. The standard InChI is InChI=1S/C25H29N3O6/c1-4-24(29)27(11-12-31-2)15-25(30)28-21(18-7-10-22-23(13-18)34-16-33-22)14-20(26-28)17-5-8-19(32-3)9-6-17/h5-10,13,21H,4,11-12,14-16H2,1-3H3/t21-/m1/s1. The summed E-state index contributed by atoms with van der Waals surface area (Å²) in [5, 5.41) is 6.19. The van der Waals surface area contributed by atoms with Crippen LogP contribution in [0.3, 0.4) is 0 Å². The third-order valence-electron chi connectivity index (χ3n) is 5.92. The first-order valence-corrected chi connectivity index (χ1v) is 11.2. The molecular weight excluding hydrogens is 438 g/mol. The molecule has 34 heavy (non-hydrogen) atoms. The van der Waals surface area contributed by atoms with Gasteiger partial charge in [0.1, 0.15) is 12.3 Å². The van der Waals surface area contributed by atoms with Crippen LogP contribution < -0.4 is 14.2 Å². The quantitative estimate of drug-likeness (QED) is 0.563. The van der Waals surface area contributed by atoms with Crippen molar-refractivity contribution in [1.82, 2.24) is 9.91 Å². The minimum atomic E-state index is -0.333. The van der Waals surface area contributed by atoms with Crippen LogP contribution in [0, 0.1) is 0 Å². The van der Waals surface area contributed by atoms with E-state index in [-0.39, 0.29) is 31.2 Å². The van der Waals surface area contributed by atoms with Crippen molar-refractivity contribution >= 4 is 17.5 Å². The average molecular weight is 468 g/mol. The molecule has 9 nitrogen and oxygen atoms in total. The van der Waals surface area contributed by atoms with Gasteiger partial charge in [-0.25, -0.2) is 5.01 Å². The second-order valence-corrected chi connectivity index (χ2v) is 8.01. The summed E-state index contributed by atoms with van der Waals surface area (Å²) in [4.78, 5) is 27.4. The van der Waals surface area contributed by atoms with Crippen LogP contribution >= 0.6 is 0 Å². The molecule has 0 spiro atoms. The summed E-state index contributed by atoms with van der Waals surface area (Å²) >= 11 is 0. The maximum absolute atomic E-state index is 13.4. The minimum absolute atomic E-state index is 0.0729. The number of hydrogen-bond acceptors (Lipinski definition) is 7. The molecular formula is C25H29N3O6. The van der Waals surface area contributed by atoms with Crippen molar-refractivity contribution in [2.24, 2.45) is 5.10 Å². The summed E-state index contributed by atoms with van der Waals surface area (Å²) in [6.07, 6.45) is 0.834. The Hall–Kier alpha value is -3.59. The smallest absolute Gasteiger partial charge is 0.262 e. The molecule has 9 heteroatoms. The van der Waals surface area contributed by atoms with Crippen molar-refractivity contribution in [1.29, 1.82) is 0 Å². The number of rotatable bonds is 9. The first kappa shape index (κ1) is 23.6. The van der Waals surface area contributed by atoms with Crippen LogP contribution in [0.25, 0.3) is 0 Å². The number of benzene rings is 2. The molecule has 4 rings (SSSR count). The van der Waals surface area contributed by atoms with Gasteiger partial charge < -0.3 is 23.8 Å². The van der Waals surface area contributed by atoms with E-state index in [2.05, 4.69) is 0 Å². The Bertz CT molecular complexity index is 1070. The Morgan fingerprint density at radius 2 is 1.88 bits per heavy atom. The highest BCUT2D eigenvalue weighted by atomic mass is 16.7. The third-order valence-corrected chi connectivity index (χ3v) is 5.92. The van der Waals surface area contributed by atoms with E-state index in [1.54, 1.807) is 21.1 Å². The SMILES string of the molecule is CCC(=O)N(CCOC)CC(=O)N1N=C(c2ccc(OC)cc2)C[C@@H]1c1ccc2c(c1)OCO2. The Kier molecular flexibility index (Phi) is 7.32. The summed E-state index contributed by atoms with van der Waals surface area (Å²) in [5.74, 6) is 1.70. The number of hydrogen-bond donors (Lipinski definition) is 0. The van der Waals surface area contributed by atoms with E-state index in [9.17, 15) is 9.59 Å². The predicted molar refractivity (Wildman–Crippen MR) is 125 cm³/mol. The van der Waals surface area contributed by atoms with Crippen LogP contribution in [-0.4, -0.2) is 68.1 Å². The number of ether oxygens (including phenoxy) is 4. The second-order valence-electron chi connectivity index (χ2n) is 8.01. The van der Waals surface area contributed by atoms with Crippen LogP contribution in [0.1, 0.15) is 36.9 Å². The molecule has 0 saturated carbocycles. The molecule has 0 aliphatic carbocycles. The van der Waals surface area contributed by atoms with E-state index in [0.717, 1.165) is 22.6 Å². The number of amides is 2. The predicted octanol–water partition coefficient (Wildman–Crippen LogP) is 2.99. The lowest BCUT2D eigenvalue weighted by molar-refractivity contribution is -0.141. The van der Waals surface area contributed by atoms with Gasteiger partial charge in [-0.3, -0.25) is 9.59 Å². The maximum atomic E-state index is 13.4. The zero-order chi connectivity index (χ0) is 24.1. The first-order chi connectivity index (χ1) is 16.5. The van der Waals surface area contributed by atoms with Crippen LogP contribution in [0.15, 0.2) is 47.6 Å². The second kappa shape index (κ2) is 10.6. The minimum Gasteiger partial charge on any atom is -0.497 e. The fourth-order valence-corrected chi connectivity index (χ4v) is 4.03. The molecule has 2 aliphatic heterocycles. The molecule has 0 saturated heterocycles. The monoisotopic (exact) mass is 467 g/mol. The number of nitrogens with zero attached hydrogens (tertiary/aromatic N) is 3. The molecule has 0 radical (unpaired) electrons. The molecule has 0 N–H and O–H groups in total. The van der Waals surface area contributed by atoms with E-state index >= 15 is 0 Å². The largest absolute Gasteiger partial charge is 0.497 e. The van der Waals surface area contributed by atoms with E-state index in [1.807, 2.05) is 42.5 Å². The van der Waals surface area contributed by atoms with E-state index < -0.39 is 0 Å². The number of carbonyl (C=O) groups is 2. The van der Waals surface area contributed by atoms with E-state index in [4.69, 9.17) is 24.0 Å². The highest BCUT2D eigenvalue weighted by Crippen LogP contribution is 2.39. The number of hydrazone groups is 1. The van der Waals surface area contributed by atoms with Crippen molar-refractivity contribution in [3.63, 3.8) is 0 Å². The topological polar surface area (TPSA) is 89.9 Å². The fourth-order valence-electron chi connectivity index (χ4n) is 4.03. The summed E-state index contributed by atoms with van der Waals surface area (Å²) in [7, 11) is 3.18. The van der Waals surface area contributed by atoms with Gasteiger partial charge in [-0.2, -0.15) is 5.10 Å². The van der Waals surface area contributed by atoms with E-state index in [1.165, 1.54) is 9.91 Å². The van der Waals surface area contributed by atoms with Gasteiger partial charge >= 0.3 is 0 Å². The Labute approximate surface area is 198 Å². The van der Waals surface area contributed by atoms with Gasteiger partial charge in [0.2, 0.25) is 12.7 Å².